The van der Waals surface area contributed by atoms with Crippen molar-refractivity contribution in [3.8, 4) is 5.75 Å². The molecule has 1 heterocycles. The van der Waals surface area contributed by atoms with Gasteiger partial charge in [0.2, 0.25) is 0 Å². The molecule has 0 aliphatic heterocycles. The summed E-state index contributed by atoms with van der Waals surface area (Å²) in [7, 11) is 1.70. The minimum absolute atomic E-state index is 0.903. The fourth-order valence-corrected chi connectivity index (χ4v) is 2.24. The summed E-state index contributed by atoms with van der Waals surface area (Å²) in [6.45, 7) is 2.13. The van der Waals surface area contributed by atoms with Gasteiger partial charge in [-0.25, -0.2) is 0 Å². The Labute approximate surface area is 93.8 Å². The Morgan fingerprint density at radius 1 is 1.12 bits per heavy atom. The molecule has 0 unspecified atom stereocenters. The van der Waals surface area contributed by atoms with Crippen molar-refractivity contribution in [1.82, 2.24) is 4.98 Å². The first-order valence-electron chi connectivity index (χ1n) is 5.34. The minimum atomic E-state index is 0.903. The highest BCUT2D eigenvalue weighted by atomic mass is 16.5. The van der Waals surface area contributed by atoms with E-state index in [4.69, 9.17) is 4.74 Å². The van der Waals surface area contributed by atoms with Crippen molar-refractivity contribution in [3.63, 3.8) is 0 Å². The molecule has 0 aliphatic carbocycles. The summed E-state index contributed by atoms with van der Waals surface area (Å²) < 4.78 is 5.24. The summed E-state index contributed by atoms with van der Waals surface area (Å²) in [5.74, 6) is 0.903. The Balaban J connectivity index is 2.46. The predicted octanol–water partition coefficient (Wildman–Crippen LogP) is 3.64. The molecule has 0 spiro atoms. The van der Waals surface area contributed by atoms with Crippen LogP contribution < -0.4 is 4.74 Å². The lowest BCUT2D eigenvalue weighted by Gasteiger charge is -2.04. The van der Waals surface area contributed by atoms with Crippen molar-refractivity contribution < 1.29 is 4.74 Å². The van der Waals surface area contributed by atoms with E-state index in [1.54, 1.807) is 7.11 Å². The van der Waals surface area contributed by atoms with Gasteiger partial charge in [-0.2, -0.15) is 0 Å². The maximum absolute atomic E-state index is 5.24. The van der Waals surface area contributed by atoms with Crippen LogP contribution in [0.4, 0.5) is 0 Å². The summed E-state index contributed by atoms with van der Waals surface area (Å²) in [5.41, 5.74) is 2.47. The minimum Gasteiger partial charge on any atom is -0.497 e. The molecule has 0 amide bonds. The monoisotopic (exact) mass is 211 g/mol. The van der Waals surface area contributed by atoms with Crippen molar-refractivity contribution in [1.29, 1.82) is 0 Å². The van der Waals surface area contributed by atoms with Crippen LogP contribution in [-0.4, -0.2) is 12.1 Å². The molecule has 0 radical (unpaired) electrons. The molecule has 1 aromatic heterocycles. The molecule has 0 bridgehead atoms. The number of fused-ring (bicyclic) bond motifs is 3. The molecule has 0 saturated heterocycles. The van der Waals surface area contributed by atoms with Gasteiger partial charge in [-0.1, -0.05) is 12.1 Å². The molecule has 0 atom stereocenters. The van der Waals surface area contributed by atoms with Gasteiger partial charge in [-0.05, 0) is 41.5 Å². The average molecular weight is 211 g/mol. The maximum atomic E-state index is 5.24. The van der Waals surface area contributed by atoms with E-state index in [9.17, 15) is 0 Å². The van der Waals surface area contributed by atoms with Crippen LogP contribution in [0.3, 0.4) is 0 Å². The molecule has 80 valence electrons. The van der Waals surface area contributed by atoms with Crippen LogP contribution >= 0.6 is 0 Å². The molecule has 0 saturated carbocycles. The van der Waals surface area contributed by atoms with Gasteiger partial charge in [0, 0.05) is 17.1 Å². The predicted molar refractivity (Wildman–Crippen MR) is 67.1 cm³/mol. The topological polar surface area (TPSA) is 25.0 Å². The van der Waals surface area contributed by atoms with Crippen molar-refractivity contribution in [2.75, 3.05) is 7.11 Å². The molecular weight excluding hydrogens is 198 g/mol. The van der Waals surface area contributed by atoms with Crippen LogP contribution in [-0.2, 0) is 0 Å². The van der Waals surface area contributed by atoms with Gasteiger partial charge in [0.25, 0.3) is 0 Å². The SMILES string of the molecule is COc1ccc2c(ccc3[nH]cc(C)c32)c1. The Kier molecular flexibility index (Phi) is 1.90. The first kappa shape index (κ1) is 9.28. The Bertz CT molecular complexity index is 667. The van der Waals surface area contributed by atoms with E-state index >= 15 is 0 Å². The van der Waals surface area contributed by atoms with Crippen molar-refractivity contribution in [3.05, 3.63) is 42.1 Å². The van der Waals surface area contributed by atoms with Crippen molar-refractivity contribution in [2.24, 2.45) is 0 Å². The number of hydrogen-bond acceptors (Lipinski definition) is 1. The van der Waals surface area contributed by atoms with E-state index < -0.39 is 0 Å². The zero-order valence-electron chi connectivity index (χ0n) is 9.37. The summed E-state index contributed by atoms with van der Waals surface area (Å²) in [6.07, 6.45) is 2.05. The highest BCUT2D eigenvalue weighted by Crippen LogP contribution is 2.29. The number of nitrogens with one attached hydrogen (secondary N) is 1. The Morgan fingerprint density at radius 2 is 2.00 bits per heavy atom. The molecule has 3 rings (SSSR count). The second-order valence-electron chi connectivity index (χ2n) is 4.05. The smallest absolute Gasteiger partial charge is 0.119 e. The summed E-state index contributed by atoms with van der Waals surface area (Å²) in [5, 5.41) is 3.80. The van der Waals surface area contributed by atoms with Crippen LogP contribution in [0.25, 0.3) is 21.7 Å². The van der Waals surface area contributed by atoms with Crippen LogP contribution in [0, 0.1) is 6.92 Å². The zero-order chi connectivity index (χ0) is 11.1. The first-order valence-corrected chi connectivity index (χ1v) is 5.34. The third kappa shape index (κ3) is 1.20. The molecule has 0 aliphatic rings. The summed E-state index contributed by atoms with van der Waals surface area (Å²) >= 11 is 0. The average Bonchev–Trinajstić information content (AvgIpc) is 2.70. The molecule has 2 nitrogen and oxygen atoms in total. The van der Waals surface area contributed by atoms with E-state index in [-0.39, 0.29) is 0 Å². The van der Waals surface area contributed by atoms with E-state index in [1.807, 2.05) is 12.3 Å². The second-order valence-corrected chi connectivity index (χ2v) is 4.05. The molecule has 0 fully saturated rings. The number of aromatic amines is 1. The van der Waals surface area contributed by atoms with E-state index in [2.05, 4.69) is 36.2 Å². The molecule has 16 heavy (non-hydrogen) atoms. The van der Waals surface area contributed by atoms with E-state index in [1.165, 1.54) is 27.2 Å². The third-order valence-corrected chi connectivity index (χ3v) is 3.07. The quantitative estimate of drug-likeness (QED) is 0.653. The maximum Gasteiger partial charge on any atom is 0.119 e. The fraction of sp³-hybridized carbons (Fsp3) is 0.143. The lowest BCUT2D eigenvalue weighted by molar-refractivity contribution is 0.415. The van der Waals surface area contributed by atoms with Crippen LogP contribution in [0.2, 0.25) is 0 Å². The Hall–Kier alpha value is -1.96. The number of aryl methyl sites for hydroxylation is 1. The number of hydrogen-bond donors (Lipinski definition) is 1. The number of rotatable bonds is 1. The first-order chi connectivity index (χ1) is 7.79. The highest BCUT2D eigenvalue weighted by Gasteiger charge is 2.05. The lowest BCUT2D eigenvalue weighted by Crippen LogP contribution is -1.83. The lowest BCUT2D eigenvalue weighted by atomic mass is 10.0. The normalized spacial score (nSPS) is 11.1. The van der Waals surface area contributed by atoms with Gasteiger partial charge in [0.1, 0.15) is 5.75 Å². The molecule has 1 N–H and O–H groups in total. The molecular formula is C14H13NO. The number of benzene rings is 2. The van der Waals surface area contributed by atoms with Gasteiger partial charge >= 0.3 is 0 Å². The fourth-order valence-electron chi connectivity index (χ4n) is 2.24. The summed E-state index contributed by atoms with van der Waals surface area (Å²) in [6, 6.07) is 10.4. The van der Waals surface area contributed by atoms with Crippen molar-refractivity contribution >= 4 is 21.7 Å². The van der Waals surface area contributed by atoms with Gasteiger partial charge in [-0.3, -0.25) is 0 Å². The third-order valence-electron chi connectivity index (χ3n) is 3.07. The van der Waals surface area contributed by atoms with Crippen molar-refractivity contribution in [2.45, 2.75) is 6.92 Å². The van der Waals surface area contributed by atoms with Crippen LogP contribution in [0.1, 0.15) is 5.56 Å². The van der Waals surface area contributed by atoms with E-state index in [0.717, 1.165) is 5.75 Å². The standard InChI is InChI=1S/C14H13NO/c1-9-8-15-13-6-3-10-7-11(16-2)4-5-12(10)14(9)13/h3-8,15H,1-2H3. The van der Waals surface area contributed by atoms with E-state index in [0.29, 0.717) is 0 Å². The largest absolute Gasteiger partial charge is 0.497 e. The number of ether oxygens (including phenoxy) is 1. The number of aromatic nitrogens is 1. The van der Waals surface area contributed by atoms with Gasteiger partial charge in [0.15, 0.2) is 0 Å². The number of methoxy groups -OCH3 is 1. The second kappa shape index (κ2) is 3.27. The molecule has 3 aromatic rings. The molecule has 2 heteroatoms. The van der Waals surface area contributed by atoms with Crippen LogP contribution in [0.5, 0.6) is 5.75 Å². The van der Waals surface area contributed by atoms with Gasteiger partial charge < -0.3 is 9.72 Å². The number of H-pyrrole nitrogens is 1. The zero-order valence-corrected chi connectivity index (χ0v) is 9.37. The molecule has 2 aromatic carbocycles. The van der Waals surface area contributed by atoms with Crippen LogP contribution in [0.15, 0.2) is 36.5 Å². The highest BCUT2D eigenvalue weighted by molar-refractivity contribution is 6.08. The summed E-state index contributed by atoms with van der Waals surface area (Å²) in [4.78, 5) is 3.28. The van der Waals surface area contributed by atoms with Gasteiger partial charge in [0.05, 0.1) is 7.11 Å². The Morgan fingerprint density at radius 3 is 2.81 bits per heavy atom. The van der Waals surface area contributed by atoms with Gasteiger partial charge in [-0.15, -0.1) is 0 Å².